The summed E-state index contributed by atoms with van der Waals surface area (Å²) in [6, 6.07) is 9.43. The van der Waals surface area contributed by atoms with E-state index in [9.17, 15) is 19.5 Å². The van der Waals surface area contributed by atoms with E-state index in [2.05, 4.69) is 5.32 Å². The van der Waals surface area contributed by atoms with Gasteiger partial charge in [-0.2, -0.15) is 0 Å². The molecule has 0 radical (unpaired) electrons. The minimum atomic E-state index is -1.13. The number of thiazole rings is 1. The summed E-state index contributed by atoms with van der Waals surface area (Å²) in [6.45, 7) is 2.10. The fourth-order valence-electron chi connectivity index (χ4n) is 2.24. The summed E-state index contributed by atoms with van der Waals surface area (Å²) < 4.78 is 1.26. The van der Waals surface area contributed by atoms with Crippen molar-refractivity contribution in [2.24, 2.45) is 0 Å². The van der Waals surface area contributed by atoms with Gasteiger partial charge in [0.15, 0.2) is 0 Å². The predicted octanol–water partition coefficient (Wildman–Crippen LogP) is 1.88. The molecule has 2 aromatic rings. The lowest BCUT2D eigenvalue weighted by atomic mass is 10.2. The monoisotopic (exact) mass is 334 g/mol. The average Bonchev–Trinajstić information content (AvgIpc) is 2.84. The van der Waals surface area contributed by atoms with Gasteiger partial charge < -0.3 is 10.4 Å². The van der Waals surface area contributed by atoms with Crippen molar-refractivity contribution < 1.29 is 14.7 Å². The molecule has 6 nitrogen and oxygen atoms in total. The molecule has 1 aromatic carbocycles. The van der Waals surface area contributed by atoms with E-state index in [1.165, 1.54) is 4.57 Å². The molecule has 1 amide bonds. The first kappa shape index (κ1) is 17.0. The molecule has 0 spiro atoms. The molecule has 0 fully saturated rings. The summed E-state index contributed by atoms with van der Waals surface area (Å²) in [7, 11) is 0. The lowest BCUT2D eigenvalue weighted by Crippen LogP contribution is -2.31. The van der Waals surface area contributed by atoms with Crippen LogP contribution in [0.1, 0.15) is 34.3 Å². The number of hydrogen-bond acceptors (Lipinski definition) is 4. The molecule has 23 heavy (non-hydrogen) atoms. The molecule has 2 rings (SSSR count). The summed E-state index contributed by atoms with van der Waals surface area (Å²) in [6.07, 6.45) is 1.15. The minimum Gasteiger partial charge on any atom is -0.477 e. The number of nitrogens with zero attached hydrogens (tertiary/aromatic N) is 1. The van der Waals surface area contributed by atoms with Gasteiger partial charge in [0.05, 0.1) is 0 Å². The fourth-order valence-corrected chi connectivity index (χ4v) is 3.12. The Morgan fingerprint density at radius 2 is 1.96 bits per heavy atom. The molecule has 0 saturated carbocycles. The molecule has 0 bridgehead atoms. The third kappa shape index (κ3) is 4.29. The van der Waals surface area contributed by atoms with Gasteiger partial charge in [-0.05, 0) is 12.0 Å². The predicted molar refractivity (Wildman–Crippen MR) is 87.8 cm³/mol. The number of carboxylic acid groups (broad SMARTS) is 1. The van der Waals surface area contributed by atoms with Gasteiger partial charge in [0.2, 0.25) is 5.91 Å². The van der Waals surface area contributed by atoms with E-state index in [-0.39, 0.29) is 17.3 Å². The van der Waals surface area contributed by atoms with E-state index in [4.69, 9.17) is 0 Å². The lowest BCUT2D eigenvalue weighted by Gasteiger charge is -2.09. The van der Waals surface area contributed by atoms with Gasteiger partial charge in [0, 0.05) is 12.2 Å². The molecule has 0 unspecified atom stereocenters. The van der Waals surface area contributed by atoms with Gasteiger partial charge in [-0.1, -0.05) is 55.0 Å². The number of rotatable bonds is 7. The van der Waals surface area contributed by atoms with Crippen LogP contribution in [0, 0.1) is 0 Å². The number of nitrogens with one attached hydrogen (secondary N) is 1. The Bertz CT molecular complexity index is 749. The van der Waals surface area contributed by atoms with Crippen molar-refractivity contribution >= 4 is 23.2 Å². The van der Waals surface area contributed by atoms with Gasteiger partial charge in [-0.25, -0.2) is 4.79 Å². The molecule has 0 aliphatic heterocycles. The first-order valence-electron chi connectivity index (χ1n) is 7.29. The Labute approximate surface area is 137 Å². The maximum atomic E-state index is 12.1. The van der Waals surface area contributed by atoms with Crippen molar-refractivity contribution in [3.63, 3.8) is 0 Å². The van der Waals surface area contributed by atoms with Crippen molar-refractivity contribution in [2.75, 3.05) is 0 Å². The number of carbonyl (C=O) groups excluding carboxylic acids is 1. The molecule has 2 N–H and O–H groups in total. The van der Waals surface area contributed by atoms with Crippen molar-refractivity contribution in [2.45, 2.75) is 32.9 Å². The largest absolute Gasteiger partial charge is 0.477 e. The Balaban J connectivity index is 2.11. The fraction of sp³-hybridized carbons (Fsp3) is 0.312. The van der Waals surface area contributed by atoms with Crippen LogP contribution in [-0.4, -0.2) is 21.6 Å². The maximum absolute atomic E-state index is 12.1. The van der Waals surface area contributed by atoms with Crippen LogP contribution in [0.15, 0.2) is 35.1 Å². The van der Waals surface area contributed by atoms with Crippen LogP contribution in [0.4, 0.5) is 0 Å². The Morgan fingerprint density at radius 3 is 2.57 bits per heavy atom. The highest BCUT2D eigenvalue weighted by atomic mass is 32.1. The van der Waals surface area contributed by atoms with Gasteiger partial charge in [-0.15, -0.1) is 0 Å². The molecule has 1 heterocycles. The minimum absolute atomic E-state index is 0.0210. The Morgan fingerprint density at radius 1 is 1.26 bits per heavy atom. The van der Waals surface area contributed by atoms with Crippen molar-refractivity contribution in [1.82, 2.24) is 9.88 Å². The number of carboxylic acids is 1. The van der Waals surface area contributed by atoms with Gasteiger partial charge in [0.25, 0.3) is 0 Å². The molecule has 0 aliphatic carbocycles. The zero-order valence-corrected chi connectivity index (χ0v) is 13.6. The number of benzene rings is 1. The standard InChI is InChI=1S/C16H18N2O4S/c1-2-6-12-14(15(20)21)23-16(22)18(12)10-13(19)17-9-11-7-4-3-5-8-11/h3-5,7-8H,2,6,9-10H2,1H3,(H,17,19)(H,20,21). The second kappa shape index (κ2) is 7.73. The zero-order chi connectivity index (χ0) is 16.8. The highest BCUT2D eigenvalue weighted by Crippen LogP contribution is 2.15. The summed E-state index contributed by atoms with van der Waals surface area (Å²) >= 11 is 0.673. The second-order valence-electron chi connectivity index (χ2n) is 5.05. The number of hydrogen-bond donors (Lipinski definition) is 2. The van der Waals surface area contributed by atoms with E-state index in [1.807, 2.05) is 37.3 Å². The van der Waals surface area contributed by atoms with Crippen molar-refractivity contribution in [3.05, 3.63) is 56.1 Å². The molecule has 0 saturated heterocycles. The second-order valence-corrected chi connectivity index (χ2v) is 6.01. The molecule has 1 aromatic heterocycles. The van der Waals surface area contributed by atoms with Crippen LogP contribution in [0.2, 0.25) is 0 Å². The first-order chi connectivity index (χ1) is 11.0. The van der Waals surface area contributed by atoms with E-state index in [1.54, 1.807) is 0 Å². The smallest absolute Gasteiger partial charge is 0.347 e. The van der Waals surface area contributed by atoms with Crippen LogP contribution in [0.25, 0.3) is 0 Å². The van der Waals surface area contributed by atoms with Crippen LogP contribution in [0.5, 0.6) is 0 Å². The summed E-state index contributed by atoms with van der Waals surface area (Å²) in [5.41, 5.74) is 1.38. The van der Waals surface area contributed by atoms with Gasteiger partial charge >= 0.3 is 10.8 Å². The van der Waals surface area contributed by atoms with Crippen molar-refractivity contribution in [1.29, 1.82) is 0 Å². The van der Waals surface area contributed by atoms with E-state index < -0.39 is 10.8 Å². The molecule has 0 atom stereocenters. The number of carbonyl (C=O) groups is 2. The summed E-state index contributed by atoms with van der Waals surface area (Å²) in [4.78, 5) is 34.9. The highest BCUT2D eigenvalue weighted by molar-refractivity contribution is 7.11. The van der Waals surface area contributed by atoms with Gasteiger partial charge in [-0.3, -0.25) is 14.2 Å². The average molecular weight is 334 g/mol. The first-order valence-corrected chi connectivity index (χ1v) is 8.11. The SMILES string of the molecule is CCCc1c(C(=O)O)sc(=O)n1CC(=O)NCc1ccccc1. The third-order valence-electron chi connectivity index (χ3n) is 3.31. The number of aromatic nitrogens is 1. The molecule has 7 heteroatoms. The summed E-state index contributed by atoms with van der Waals surface area (Å²) in [5.74, 6) is -1.44. The Hall–Kier alpha value is -2.41. The van der Waals surface area contributed by atoms with E-state index >= 15 is 0 Å². The maximum Gasteiger partial charge on any atom is 0.347 e. The van der Waals surface area contributed by atoms with Gasteiger partial charge in [0.1, 0.15) is 11.4 Å². The Kier molecular flexibility index (Phi) is 5.70. The van der Waals surface area contributed by atoms with E-state index in [0.717, 1.165) is 5.56 Å². The highest BCUT2D eigenvalue weighted by Gasteiger charge is 2.20. The third-order valence-corrected chi connectivity index (χ3v) is 4.32. The van der Waals surface area contributed by atoms with Crippen LogP contribution >= 0.6 is 11.3 Å². The summed E-state index contributed by atoms with van der Waals surface area (Å²) in [5, 5.41) is 11.9. The molecule has 0 aliphatic rings. The number of aromatic carboxylic acids is 1. The zero-order valence-electron chi connectivity index (χ0n) is 12.7. The molecular formula is C16H18N2O4S. The quantitative estimate of drug-likeness (QED) is 0.809. The molecular weight excluding hydrogens is 316 g/mol. The van der Waals surface area contributed by atoms with Crippen LogP contribution < -0.4 is 10.2 Å². The van der Waals surface area contributed by atoms with Crippen molar-refractivity contribution in [3.8, 4) is 0 Å². The topological polar surface area (TPSA) is 88.4 Å². The lowest BCUT2D eigenvalue weighted by molar-refractivity contribution is -0.121. The molecule has 122 valence electrons. The van der Waals surface area contributed by atoms with E-state index in [0.29, 0.717) is 36.4 Å². The van der Waals surface area contributed by atoms with Crippen LogP contribution in [-0.2, 0) is 24.3 Å². The normalized spacial score (nSPS) is 10.5. The van der Waals surface area contributed by atoms with Crippen LogP contribution in [0.3, 0.4) is 0 Å². The number of amides is 1.